The van der Waals surface area contributed by atoms with Gasteiger partial charge in [-0.1, -0.05) is 47.8 Å². The summed E-state index contributed by atoms with van der Waals surface area (Å²) in [6.45, 7) is 1.43. The fourth-order valence-electron chi connectivity index (χ4n) is 0. The summed E-state index contributed by atoms with van der Waals surface area (Å²) in [5.74, 6) is 0. The molecule has 0 heterocycles. The van der Waals surface area contributed by atoms with Crippen molar-refractivity contribution < 1.29 is 0 Å². The zero-order valence-electron chi connectivity index (χ0n) is 3.66. The third kappa shape index (κ3) is 195. The van der Waals surface area contributed by atoms with Gasteiger partial charge in [0.2, 0.25) is 0 Å². The highest BCUT2D eigenvalue weighted by Gasteiger charge is 1.77. The minimum absolute atomic E-state index is 0.271. The van der Waals surface area contributed by atoms with Crippen LogP contribution in [0.5, 0.6) is 0 Å². The van der Waals surface area contributed by atoms with Gasteiger partial charge >= 0.3 is 0 Å². The fourth-order valence-corrected chi connectivity index (χ4v) is 0. The monoisotopic (exact) mass is 291 g/mol. The van der Waals surface area contributed by atoms with Crippen molar-refractivity contribution in [1.82, 2.24) is 0 Å². The van der Waals surface area contributed by atoms with E-state index in [9.17, 15) is 0 Å². The average molecular weight is 294 g/mol. The van der Waals surface area contributed by atoms with Gasteiger partial charge in [-0.3, -0.25) is 0 Å². The highest BCUT2D eigenvalue weighted by atomic mass is 80.0. The molecule has 0 radical (unpaired) electrons. The van der Waals surface area contributed by atoms with Crippen LogP contribution in [-0.4, -0.2) is 2.65 Å². The van der Waals surface area contributed by atoms with Crippen LogP contribution in [0.25, 0.3) is 0 Å². The van der Waals surface area contributed by atoms with Gasteiger partial charge in [-0.25, -0.2) is 0 Å². The number of hydrogen-bond acceptors (Lipinski definition) is 1. The Balaban J connectivity index is 0. The predicted molar refractivity (Wildman–Crippen MR) is 41.9 cm³/mol. The molecule has 1 nitrogen and oxygen atoms in total. The predicted octanol–water partition coefficient (Wildman–Crippen LogP) is 2.98. The van der Waals surface area contributed by atoms with Crippen LogP contribution in [0.15, 0.2) is 0 Å². The van der Waals surface area contributed by atoms with Crippen molar-refractivity contribution in [1.29, 1.82) is 5.26 Å². The maximum atomic E-state index is 7.32. The van der Waals surface area contributed by atoms with E-state index in [1.165, 1.54) is 6.92 Å². The Hall–Kier alpha value is 0.930. The van der Waals surface area contributed by atoms with E-state index in [2.05, 4.69) is 47.8 Å². The first-order chi connectivity index (χ1) is 3.15. The lowest BCUT2D eigenvalue weighted by atomic mass is 11.0. The van der Waals surface area contributed by atoms with Crippen molar-refractivity contribution in [2.45, 2.75) is 9.57 Å². The summed E-state index contributed by atoms with van der Waals surface area (Å²) in [5, 5.41) is 7.32. The summed E-state index contributed by atoms with van der Waals surface area (Å²) in [4.78, 5) is 0. The number of rotatable bonds is 0. The van der Waals surface area contributed by atoms with E-state index in [4.69, 9.17) is 5.26 Å². The van der Waals surface area contributed by atoms with E-state index in [-0.39, 0.29) is 2.65 Å². The lowest BCUT2D eigenvalue weighted by molar-refractivity contribution is 1.49. The van der Waals surface area contributed by atoms with Crippen LogP contribution in [0.1, 0.15) is 6.92 Å². The van der Waals surface area contributed by atoms with Crippen molar-refractivity contribution >= 4 is 47.8 Å². The molecule has 0 aliphatic rings. The van der Waals surface area contributed by atoms with Crippen molar-refractivity contribution in [2.75, 3.05) is 0 Å². The Morgan fingerprint density at radius 3 is 1.43 bits per heavy atom. The molecule has 0 spiro atoms. The first kappa shape index (κ1) is 10.8. The molecule has 0 amide bonds. The van der Waals surface area contributed by atoms with Gasteiger partial charge in [0.05, 0.1) is 6.07 Å². The fraction of sp³-hybridized carbons (Fsp3) is 0.667. The molecule has 0 saturated carbocycles. The standard InChI is InChI=1S/C2H3N.CHBr3/c1-2-3;2-1(3)4/h1H3;1H. The van der Waals surface area contributed by atoms with Gasteiger partial charge in [-0.15, -0.1) is 0 Å². The molecule has 0 saturated heterocycles. The molecule has 0 bridgehead atoms. The molecule has 0 aromatic heterocycles. The molecule has 0 N–H and O–H groups in total. The van der Waals surface area contributed by atoms with Gasteiger partial charge in [0.1, 0.15) is 2.65 Å². The molecule has 4 heteroatoms. The molecule has 0 unspecified atom stereocenters. The van der Waals surface area contributed by atoms with E-state index in [0.29, 0.717) is 0 Å². The Morgan fingerprint density at radius 1 is 1.43 bits per heavy atom. The third-order valence-corrected chi connectivity index (χ3v) is 0. The molecule has 0 atom stereocenters. The number of nitrogens with zero attached hydrogens (tertiary/aromatic N) is 1. The smallest absolute Gasteiger partial charge is 0.124 e. The Bertz CT molecular complexity index is 52.9. The van der Waals surface area contributed by atoms with Crippen LogP contribution in [0, 0.1) is 11.3 Å². The lowest BCUT2D eigenvalue weighted by Crippen LogP contribution is -1.49. The van der Waals surface area contributed by atoms with Crippen molar-refractivity contribution in [3.8, 4) is 6.07 Å². The molecule has 0 aromatic rings. The first-order valence-electron chi connectivity index (χ1n) is 1.38. The van der Waals surface area contributed by atoms with Gasteiger partial charge in [0.15, 0.2) is 0 Å². The van der Waals surface area contributed by atoms with Gasteiger partial charge in [0, 0.05) is 6.92 Å². The molecule has 0 fully saturated rings. The normalized spacial score (nSPS) is 6.29. The van der Waals surface area contributed by atoms with E-state index in [0.717, 1.165) is 0 Å². The molecule has 0 aliphatic heterocycles. The second kappa shape index (κ2) is 10.0. The first-order valence-corrected chi connectivity index (χ1v) is 4.13. The number of hydrogen-bond donors (Lipinski definition) is 0. The topological polar surface area (TPSA) is 23.8 Å². The van der Waals surface area contributed by atoms with Crippen molar-refractivity contribution in [3.05, 3.63) is 0 Å². The number of alkyl halides is 3. The van der Waals surface area contributed by atoms with Crippen LogP contribution < -0.4 is 0 Å². The van der Waals surface area contributed by atoms with Gasteiger partial charge < -0.3 is 0 Å². The molecular weight excluding hydrogens is 290 g/mol. The largest absolute Gasteiger partial charge is 0.199 e. The summed E-state index contributed by atoms with van der Waals surface area (Å²) in [7, 11) is 0. The summed E-state index contributed by atoms with van der Waals surface area (Å²) in [5.41, 5.74) is 0. The summed E-state index contributed by atoms with van der Waals surface area (Å²) < 4.78 is 0.271. The van der Waals surface area contributed by atoms with E-state index >= 15 is 0 Å². The molecule has 42 valence electrons. The number of halogens is 3. The van der Waals surface area contributed by atoms with E-state index in [1.807, 2.05) is 0 Å². The van der Waals surface area contributed by atoms with Crippen LogP contribution in [0.4, 0.5) is 0 Å². The summed E-state index contributed by atoms with van der Waals surface area (Å²) in [6, 6.07) is 1.75. The van der Waals surface area contributed by atoms with Crippen LogP contribution >= 0.6 is 47.8 Å². The maximum absolute atomic E-state index is 7.32. The molecule has 0 aliphatic carbocycles. The van der Waals surface area contributed by atoms with Crippen LogP contribution in [0.3, 0.4) is 0 Å². The van der Waals surface area contributed by atoms with Crippen molar-refractivity contribution in [2.24, 2.45) is 0 Å². The van der Waals surface area contributed by atoms with Gasteiger partial charge in [0.25, 0.3) is 0 Å². The minimum atomic E-state index is 0.271. The highest BCUT2D eigenvalue weighted by molar-refractivity contribution is 9.38. The maximum Gasteiger partial charge on any atom is 0.124 e. The lowest BCUT2D eigenvalue weighted by Gasteiger charge is -1.70. The van der Waals surface area contributed by atoms with Crippen molar-refractivity contribution in [3.63, 3.8) is 0 Å². The van der Waals surface area contributed by atoms with E-state index in [1.54, 1.807) is 6.07 Å². The summed E-state index contributed by atoms with van der Waals surface area (Å²) >= 11 is 9.31. The zero-order valence-corrected chi connectivity index (χ0v) is 8.42. The molecule has 0 aromatic carbocycles. The quantitative estimate of drug-likeness (QED) is 0.630. The zero-order chi connectivity index (χ0) is 6.28. The second-order valence-corrected chi connectivity index (χ2v) is 6.90. The SMILES string of the molecule is BrC(Br)Br.CC#N. The van der Waals surface area contributed by atoms with Gasteiger partial charge in [-0.05, 0) is 0 Å². The Labute approximate surface area is 68.5 Å². The Kier molecular flexibility index (Phi) is 15.5. The summed E-state index contributed by atoms with van der Waals surface area (Å²) in [6.07, 6.45) is 0. The molecule has 0 rings (SSSR count). The minimum Gasteiger partial charge on any atom is -0.199 e. The average Bonchev–Trinajstić information content (AvgIpc) is 1.33. The molecule has 7 heavy (non-hydrogen) atoms. The van der Waals surface area contributed by atoms with Crippen LogP contribution in [-0.2, 0) is 0 Å². The molecular formula is C3H4Br3N. The second-order valence-electron chi connectivity index (χ2n) is 0.471. The highest BCUT2D eigenvalue weighted by Crippen LogP contribution is 2.13. The number of nitriles is 1. The van der Waals surface area contributed by atoms with Gasteiger partial charge in [-0.2, -0.15) is 5.26 Å². The van der Waals surface area contributed by atoms with Crippen LogP contribution in [0.2, 0.25) is 0 Å². The third-order valence-electron chi connectivity index (χ3n) is 0. The Morgan fingerprint density at radius 2 is 1.43 bits per heavy atom. The van der Waals surface area contributed by atoms with E-state index < -0.39 is 0 Å².